The maximum atomic E-state index is 5.95. The van der Waals surface area contributed by atoms with E-state index in [0.29, 0.717) is 6.04 Å². The average Bonchev–Trinajstić information content (AvgIpc) is 2.55. The monoisotopic (exact) mass is 291 g/mol. The van der Waals surface area contributed by atoms with Crippen LogP contribution in [0.5, 0.6) is 0 Å². The fourth-order valence-electron chi connectivity index (χ4n) is 3.08. The summed E-state index contributed by atoms with van der Waals surface area (Å²) in [5.74, 6) is 0. The molecule has 0 aliphatic rings. The molecule has 0 fully saturated rings. The van der Waals surface area contributed by atoms with Crippen molar-refractivity contribution in [3.63, 3.8) is 0 Å². The minimum absolute atomic E-state index is 0.0708. The van der Waals surface area contributed by atoms with Gasteiger partial charge < -0.3 is 10.1 Å². The van der Waals surface area contributed by atoms with Gasteiger partial charge in [-0.1, -0.05) is 52.0 Å². The summed E-state index contributed by atoms with van der Waals surface area (Å²) >= 11 is 0. The predicted molar refractivity (Wildman–Crippen MR) is 91.9 cm³/mol. The standard InChI is InChI=1S/C19H33NO/c1-6-14-20-18(19(8-3,9-4)21-5)15-17-12-10-16(7-2)11-13-17/h10-13,18,20H,6-9,14-15H2,1-5H3. The van der Waals surface area contributed by atoms with E-state index in [1.807, 2.05) is 7.11 Å². The first kappa shape index (κ1) is 18.2. The predicted octanol–water partition coefficient (Wildman–Crippen LogP) is 4.36. The van der Waals surface area contributed by atoms with Crippen LogP contribution in [0.25, 0.3) is 0 Å². The molecule has 1 unspecified atom stereocenters. The van der Waals surface area contributed by atoms with Crippen molar-refractivity contribution in [3.05, 3.63) is 35.4 Å². The second-order valence-corrected chi connectivity index (χ2v) is 5.86. The van der Waals surface area contributed by atoms with E-state index in [1.165, 1.54) is 11.1 Å². The van der Waals surface area contributed by atoms with E-state index in [2.05, 4.69) is 57.3 Å². The summed E-state index contributed by atoms with van der Waals surface area (Å²) in [5.41, 5.74) is 2.73. The lowest BCUT2D eigenvalue weighted by atomic mass is 9.84. The highest BCUT2D eigenvalue weighted by molar-refractivity contribution is 5.23. The molecule has 0 radical (unpaired) electrons. The Bertz CT molecular complexity index is 373. The van der Waals surface area contributed by atoms with Gasteiger partial charge in [0.05, 0.1) is 5.60 Å². The largest absolute Gasteiger partial charge is 0.377 e. The minimum atomic E-state index is -0.0708. The molecule has 0 spiro atoms. The molecule has 0 bridgehead atoms. The number of aryl methyl sites for hydroxylation is 1. The van der Waals surface area contributed by atoms with E-state index in [0.717, 1.165) is 38.6 Å². The number of benzene rings is 1. The van der Waals surface area contributed by atoms with Gasteiger partial charge in [-0.2, -0.15) is 0 Å². The van der Waals surface area contributed by atoms with Gasteiger partial charge >= 0.3 is 0 Å². The molecule has 0 aliphatic heterocycles. The van der Waals surface area contributed by atoms with Crippen LogP contribution in [0.15, 0.2) is 24.3 Å². The zero-order valence-electron chi connectivity index (χ0n) is 14.5. The summed E-state index contributed by atoms with van der Waals surface area (Å²) in [5, 5.41) is 3.72. The molecule has 2 nitrogen and oxygen atoms in total. The van der Waals surface area contributed by atoms with Gasteiger partial charge in [0, 0.05) is 13.2 Å². The van der Waals surface area contributed by atoms with Crippen LogP contribution >= 0.6 is 0 Å². The molecule has 1 N–H and O–H groups in total. The molecule has 0 aromatic heterocycles. The van der Waals surface area contributed by atoms with Gasteiger partial charge in [0.25, 0.3) is 0 Å². The third-order valence-electron chi connectivity index (χ3n) is 4.75. The number of rotatable bonds is 10. The molecular weight excluding hydrogens is 258 g/mol. The number of ether oxygens (including phenoxy) is 1. The Morgan fingerprint density at radius 3 is 2.00 bits per heavy atom. The van der Waals surface area contributed by atoms with Crippen molar-refractivity contribution in [2.24, 2.45) is 0 Å². The molecule has 0 saturated carbocycles. The lowest BCUT2D eigenvalue weighted by molar-refractivity contribution is -0.0471. The van der Waals surface area contributed by atoms with Gasteiger partial charge in [-0.25, -0.2) is 0 Å². The van der Waals surface area contributed by atoms with Gasteiger partial charge in [0.15, 0.2) is 0 Å². The maximum absolute atomic E-state index is 5.95. The van der Waals surface area contributed by atoms with Crippen molar-refractivity contribution in [1.29, 1.82) is 0 Å². The SMILES string of the molecule is CCCNC(Cc1ccc(CC)cc1)C(CC)(CC)OC. The van der Waals surface area contributed by atoms with Crippen LogP contribution in [-0.2, 0) is 17.6 Å². The van der Waals surface area contributed by atoms with E-state index in [1.54, 1.807) is 0 Å². The Morgan fingerprint density at radius 1 is 1.00 bits per heavy atom. The Kier molecular flexibility index (Phi) is 7.98. The highest BCUT2D eigenvalue weighted by Crippen LogP contribution is 2.27. The van der Waals surface area contributed by atoms with Gasteiger partial charge in [0.2, 0.25) is 0 Å². The van der Waals surface area contributed by atoms with Crippen LogP contribution in [0, 0.1) is 0 Å². The van der Waals surface area contributed by atoms with E-state index >= 15 is 0 Å². The third kappa shape index (κ3) is 4.82. The van der Waals surface area contributed by atoms with E-state index in [9.17, 15) is 0 Å². The number of hydrogen-bond donors (Lipinski definition) is 1. The molecule has 21 heavy (non-hydrogen) atoms. The first-order chi connectivity index (χ1) is 10.2. The quantitative estimate of drug-likeness (QED) is 0.691. The smallest absolute Gasteiger partial charge is 0.0828 e. The van der Waals surface area contributed by atoms with Gasteiger partial charge in [-0.3, -0.25) is 0 Å². The lowest BCUT2D eigenvalue weighted by Crippen LogP contribution is -2.53. The Hall–Kier alpha value is -0.860. The minimum Gasteiger partial charge on any atom is -0.377 e. The molecule has 0 aliphatic carbocycles. The third-order valence-corrected chi connectivity index (χ3v) is 4.75. The van der Waals surface area contributed by atoms with Crippen molar-refractivity contribution in [1.82, 2.24) is 5.32 Å². The normalized spacial score (nSPS) is 13.4. The zero-order chi connectivity index (χ0) is 15.7. The van der Waals surface area contributed by atoms with Crippen molar-refractivity contribution < 1.29 is 4.74 Å². The second kappa shape index (κ2) is 9.22. The van der Waals surface area contributed by atoms with Crippen molar-refractivity contribution >= 4 is 0 Å². The number of methoxy groups -OCH3 is 1. The summed E-state index contributed by atoms with van der Waals surface area (Å²) in [6, 6.07) is 9.40. The Balaban J connectivity index is 2.90. The summed E-state index contributed by atoms with van der Waals surface area (Å²) in [4.78, 5) is 0. The molecular formula is C19H33NO. The first-order valence-corrected chi connectivity index (χ1v) is 8.52. The van der Waals surface area contributed by atoms with Crippen LogP contribution in [0.4, 0.5) is 0 Å². The summed E-state index contributed by atoms with van der Waals surface area (Å²) < 4.78 is 5.95. The molecule has 0 amide bonds. The van der Waals surface area contributed by atoms with Crippen molar-refractivity contribution in [3.8, 4) is 0 Å². The van der Waals surface area contributed by atoms with E-state index in [-0.39, 0.29) is 5.60 Å². The second-order valence-electron chi connectivity index (χ2n) is 5.86. The molecule has 1 aromatic carbocycles. The summed E-state index contributed by atoms with van der Waals surface area (Å²) in [6.07, 6.45) is 5.35. The van der Waals surface area contributed by atoms with Crippen LogP contribution in [0.1, 0.15) is 58.1 Å². The van der Waals surface area contributed by atoms with Gasteiger partial charge in [0.1, 0.15) is 0 Å². The fraction of sp³-hybridized carbons (Fsp3) is 0.684. The topological polar surface area (TPSA) is 21.3 Å². The molecule has 2 heteroatoms. The zero-order valence-corrected chi connectivity index (χ0v) is 14.5. The first-order valence-electron chi connectivity index (χ1n) is 8.52. The number of nitrogens with one attached hydrogen (secondary N) is 1. The molecule has 0 heterocycles. The van der Waals surface area contributed by atoms with Crippen molar-refractivity contribution in [2.75, 3.05) is 13.7 Å². The van der Waals surface area contributed by atoms with Crippen molar-refractivity contribution in [2.45, 2.75) is 71.4 Å². The van der Waals surface area contributed by atoms with Crippen LogP contribution in [-0.4, -0.2) is 25.3 Å². The molecule has 1 atom stereocenters. The fourth-order valence-corrected chi connectivity index (χ4v) is 3.08. The highest BCUT2D eigenvalue weighted by Gasteiger charge is 2.35. The van der Waals surface area contributed by atoms with Crippen LogP contribution in [0.2, 0.25) is 0 Å². The van der Waals surface area contributed by atoms with Crippen LogP contribution < -0.4 is 5.32 Å². The van der Waals surface area contributed by atoms with Crippen LogP contribution in [0.3, 0.4) is 0 Å². The van der Waals surface area contributed by atoms with E-state index < -0.39 is 0 Å². The highest BCUT2D eigenvalue weighted by atomic mass is 16.5. The molecule has 120 valence electrons. The Labute approximate surface area is 131 Å². The maximum Gasteiger partial charge on any atom is 0.0828 e. The molecule has 1 rings (SSSR count). The summed E-state index contributed by atoms with van der Waals surface area (Å²) in [6.45, 7) is 9.92. The van der Waals surface area contributed by atoms with E-state index in [4.69, 9.17) is 4.74 Å². The van der Waals surface area contributed by atoms with Gasteiger partial charge in [-0.05, 0) is 49.8 Å². The molecule has 0 saturated heterocycles. The van der Waals surface area contributed by atoms with Gasteiger partial charge in [-0.15, -0.1) is 0 Å². The molecule has 1 aromatic rings. The average molecular weight is 291 g/mol. The summed E-state index contributed by atoms with van der Waals surface area (Å²) in [7, 11) is 1.85. The lowest BCUT2D eigenvalue weighted by Gasteiger charge is -2.39. The Morgan fingerprint density at radius 2 is 1.57 bits per heavy atom. The number of hydrogen-bond acceptors (Lipinski definition) is 2.